The van der Waals surface area contributed by atoms with E-state index in [1.54, 1.807) is 0 Å². The van der Waals surface area contributed by atoms with E-state index in [9.17, 15) is 0 Å². The normalized spacial score (nSPS) is 10.8. The molecular formula is C13H25N5. The van der Waals surface area contributed by atoms with Crippen LogP contribution < -0.4 is 10.6 Å². The van der Waals surface area contributed by atoms with E-state index in [4.69, 9.17) is 0 Å². The summed E-state index contributed by atoms with van der Waals surface area (Å²) in [6, 6.07) is 0. The Labute approximate surface area is 110 Å². The summed E-state index contributed by atoms with van der Waals surface area (Å²) in [5.74, 6) is 2.65. The monoisotopic (exact) mass is 251 g/mol. The molecule has 2 N–H and O–H groups in total. The molecule has 5 nitrogen and oxygen atoms in total. The van der Waals surface area contributed by atoms with Crippen LogP contribution in [-0.2, 0) is 0 Å². The lowest BCUT2D eigenvalue weighted by molar-refractivity contribution is 0.367. The predicted molar refractivity (Wildman–Crippen MR) is 77.3 cm³/mol. The van der Waals surface area contributed by atoms with Crippen LogP contribution in [0.2, 0.25) is 0 Å². The number of rotatable bonds is 7. The highest BCUT2D eigenvalue weighted by atomic mass is 15.1. The van der Waals surface area contributed by atoms with Crippen molar-refractivity contribution in [2.75, 3.05) is 43.9 Å². The Kier molecular flexibility index (Phi) is 5.85. The predicted octanol–water partition coefficient (Wildman–Crippen LogP) is 1.89. The summed E-state index contributed by atoms with van der Waals surface area (Å²) in [7, 11) is 2.11. The quantitative estimate of drug-likeness (QED) is 0.775. The standard InChI is InChI=1S/C13H25N5/c1-6-14-12-10(3)13(17-11(4)16-12)15-8-9-18(5)7-2/h6-9H2,1-5H3,(H2,14,15,16,17). The Morgan fingerprint density at radius 1 is 1.06 bits per heavy atom. The van der Waals surface area contributed by atoms with Crippen molar-refractivity contribution < 1.29 is 0 Å². The number of hydrogen-bond donors (Lipinski definition) is 2. The lowest BCUT2D eigenvalue weighted by Crippen LogP contribution is -2.25. The van der Waals surface area contributed by atoms with Crippen LogP contribution in [0.3, 0.4) is 0 Å². The molecule has 0 aliphatic carbocycles. The van der Waals surface area contributed by atoms with E-state index in [2.05, 4.69) is 46.4 Å². The molecule has 0 aliphatic heterocycles. The average Bonchev–Trinajstić information content (AvgIpc) is 2.34. The molecule has 1 rings (SSSR count). The summed E-state index contributed by atoms with van der Waals surface area (Å²) >= 11 is 0. The Hall–Kier alpha value is -1.36. The molecule has 1 aromatic rings. The van der Waals surface area contributed by atoms with Gasteiger partial charge in [0.25, 0.3) is 0 Å². The van der Waals surface area contributed by atoms with Gasteiger partial charge in [0.2, 0.25) is 0 Å². The van der Waals surface area contributed by atoms with E-state index in [1.807, 2.05) is 13.8 Å². The van der Waals surface area contributed by atoms with Crippen molar-refractivity contribution in [3.8, 4) is 0 Å². The lowest BCUT2D eigenvalue weighted by atomic mass is 10.3. The van der Waals surface area contributed by atoms with E-state index in [0.29, 0.717) is 0 Å². The smallest absolute Gasteiger partial charge is 0.134 e. The van der Waals surface area contributed by atoms with Gasteiger partial charge in [-0.1, -0.05) is 6.92 Å². The summed E-state index contributed by atoms with van der Waals surface area (Å²) in [6.45, 7) is 12.0. The first-order valence-electron chi connectivity index (χ1n) is 6.60. The third-order valence-corrected chi connectivity index (χ3v) is 2.93. The molecule has 0 saturated carbocycles. The molecule has 0 aromatic carbocycles. The highest BCUT2D eigenvalue weighted by molar-refractivity contribution is 5.57. The second-order valence-electron chi connectivity index (χ2n) is 4.45. The van der Waals surface area contributed by atoms with Crippen LogP contribution in [0.4, 0.5) is 11.6 Å². The van der Waals surface area contributed by atoms with Crippen LogP contribution in [0.15, 0.2) is 0 Å². The first-order valence-corrected chi connectivity index (χ1v) is 6.60. The SMILES string of the molecule is CCNc1nc(C)nc(NCCN(C)CC)c1C. The molecule has 5 heteroatoms. The average molecular weight is 251 g/mol. The summed E-state index contributed by atoms with van der Waals surface area (Å²) < 4.78 is 0. The highest BCUT2D eigenvalue weighted by Crippen LogP contribution is 2.19. The van der Waals surface area contributed by atoms with Gasteiger partial charge in [-0.2, -0.15) is 0 Å². The van der Waals surface area contributed by atoms with Gasteiger partial charge in [0.05, 0.1) is 0 Å². The molecular weight excluding hydrogens is 226 g/mol. The largest absolute Gasteiger partial charge is 0.370 e. The van der Waals surface area contributed by atoms with E-state index in [1.165, 1.54) is 0 Å². The second-order valence-corrected chi connectivity index (χ2v) is 4.45. The summed E-state index contributed by atoms with van der Waals surface area (Å²) in [4.78, 5) is 11.1. The topological polar surface area (TPSA) is 53.1 Å². The van der Waals surface area contributed by atoms with Crippen LogP contribution in [0.1, 0.15) is 25.2 Å². The molecule has 0 spiro atoms. The molecule has 1 aromatic heterocycles. The van der Waals surface area contributed by atoms with Gasteiger partial charge in [0.1, 0.15) is 17.5 Å². The van der Waals surface area contributed by atoms with Crippen molar-refractivity contribution in [3.63, 3.8) is 0 Å². The van der Waals surface area contributed by atoms with Crippen molar-refractivity contribution in [2.45, 2.75) is 27.7 Å². The van der Waals surface area contributed by atoms with Gasteiger partial charge in [-0.05, 0) is 34.4 Å². The first-order chi connectivity index (χ1) is 8.58. The fourth-order valence-electron chi connectivity index (χ4n) is 1.66. The zero-order valence-electron chi connectivity index (χ0n) is 12.2. The van der Waals surface area contributed by atoms with Gasteiger partial charge < -0.3 is 15.5 Å². The maximum Gasteiger partial charge on any atom is 0.134 e. The van der Waals surface area contributed by atoms with E-state index >= 15 is 0 Å². The molecule has 0 radical (unpaired) electrons. The van der Waals surface area contributed by atoms with Crippen LogP contribution in [0, 0.1) is 13.8 Å². The van der Waals surface area contributed by atoms with E-state index in [0.717, 1.165) is 49.2 Å². The number of aryl methyl sites for hydroxylation is 1. The number of nitrogens with one attached hydrogen (secondary N) is 2. The van der Waals surface area contributed by atoms with Crippen molar-refractivity contribution in [2.24, 2.45) is 0 Å². The molecule has 0 unspecified atom stereocenters. The molecule has 0 amide bonds. The fourth-order valence-corrected chi connectivity index (χ4v) is 1.66. The minimum atomic E-state index is 0.794. The molecule has 0 fully saturated rings. The minimum absolute atomic E-state index is 0.794. The van der Waals surface area contributed by atoms with E-state index in [-0.39, 0.29) is 0 Å². The summed E-state index contributed by atoms with van der Waals surface area (Å²) in [5, 5.41) is 6.65. The molecule has 0 saturated heterocycles. The first kappa shape index (κ1) is 14.7. The maximum atomic E-state index is 4.46. The molecule has 0 atom stereocenters. The van der Waals surface area contributed by atoms with Crippen molar-refractivity contribution >= 4 is 11.6 Å². The Morgan fingerprint density at radius 3 is 2.22 bits per heavy atom. The lowest BCUT2D eigenvalue weighted by Gasteiger charge is -2.16. The van der Waals surface area contributed by atoms with Crippen molar-refractivity contribution in [1.82, 2.24) is 14.9 Å². The van der Waals surface area contributed by atoms with Crippen LogP contribution in [0.5, 0.6) is 0 Å². The Balaban J connectivity index is 2.69. The van der Waals surface area contributed by atoms with E-state index < -0.39 is 0 Å². The van der Waals surface area contributed by atoms with Gasteiger partial charge in [-0.25, -0.2) is 9.97 Å². The zero-order chi connectivity index (χ0) is 13.5. The van der Waals surface area contributed by atoms with Gasteiger partial charge in [-0.15, -0.1) is 0 Å². The number of hydrogen-bond acceptors (Lipinski definition) is 5. The second kappa shape index (κ2) is 7.16. The molecule has 1 heterocycles. The van der Waals surface area contributed by atoms with Gasteiger partial charge >= 0.3 is 0 Å². The van der Waals surface area contributed by atoms with Crippen LogP contribution in [0.25, 0.3) is 0 Å². The maximum absolute atomic E-state index is 4.46. The van der Waals surface area contributed by atoms with Gasteiger partial charge in [0, 0.05) is 25.2 Å². The Morgan fingerprint density at radius 2 is 1.67 bits per heavy atom. The van der Waals surface area contributed by atoms with Gasteiger partial charge in [-0.3, -0.25) is 0 Å². The van der Waals surface area contributed by atoms with Gasteiger partial charge in [0.15, 0.2) is 0 Å². The number of likely N-dealkylation sites (N-methyl/N-ethyl adjacent to an activating group) is 1. The van der Waals surface area contributed by atoms with Crippen LogP contribution in [-0.4, -0.2) is 48.1 Å². The summed E-state index contributed by atoms with van der Waals surface area (Å²) in [5.41, 5.74) is 1.08. The van der Waals surface area contributed by atoms with Crippen LogP contribution >= 0.6 is 0 Å². The van der Waals surface area contributed by atoms with Crippen molar-refractivity contribution in [3.05, 3.63) is 11.4 Å². The fraction of sp³-hybridized carbons (Fsp3) is 0.692. The number of nitrogens with zero attached hydrogens (tertiary/aromatic N) is 3. The molecule has 102 valence electrons. The Bertz CT molecular complexity index is 378. The van der Waals surface area contributed by atoms with Crippen molar-refractivity contribution in [1.29, 1.82) is 0 Å². The zero-order valence-corrected chi connectivity index (χ0v) is 12.2. The molecule has 0 aliphatic rings. The minimum Gasteiger partial charge on any atom is -0.370 e. The third kappa shape index (κ3) is 4.14. The molecule has 18 heavy (non-hydrogen) atoms. The summed E-state index contributed by atoms with van der Waals surface area (Å²) in [6.07, 6.45) is 0. The molecule has 0 bridgehead atoms. The number of aromatic nitrogens is 2. The highest BCUT2D eigenvalue weighted by Gasteiger charge is 2.08. The number of anilines is 2. The third-order valence-electron chi connectivity index (χ3n) is 2.93.